The molecule has 1 aromatic carbocycles. The zero-order chi connectivity index (χ0) is 19.3. The largest absolute Gasteiger partial charge is 0.339 e. The molecule has 6 nitrogen and oxygen atoms in total. The van der Waals surface area contributed by atoms with Crippen LogP contribution in [0.2, 0.25) is 0 Å². The SMILES string of the molecule is C=CCN(CCc1ccccc1)C(=O)CCN1C(=O)NC2(CCCC2)C1=O. The topological polar surface area (TPSA) is 69.7 Å². The van der Waals surface area contributed by atoms with Gasteiger partial charge in [-0.1, -0.05) is 49.2 Å². The lowest BCUT2D eigenvalue weighted by atomic mass is 9.98. The second-order valence-corrected chi connectivity index (χ2v) is 7.29. The van der Waals surface area contributed by atoms with Crippen LogP contribution in [0.25, 0.3) is 0 Å². The van der Waals surface area contributed by atoms with Crippen LogP contribution < -0.4 is 5.32 Å². The van der Waals surface area contributed by atoms with Gasteiger partial charge >= 0.3 is 6.03 Å². The Labute approximate surface area is 160 Å². The van der Waals surface area contributed by atoms with Crippen molar-refractivity contribution in [3.63, 3.8) is 0 Å². The summed E-state index contributed by atoms with van der Waals surface area (Å²) in [7, 11) is 0. The summed E-state index contributed by atoms with van der Waals surface area (Å²) in [5.41, 5.74) is 0.450. The molecule has 2 aliphatic rings. The Bertz CT molecular complexity index is 711. The molecule has 1 saturated heterocycles. The van der Waals surface area contributed by atoms with E-state index in [0.29, 0.717) is 25.9 Å². The lowest BCUT2D eigenvalue weighted by Gasteiger charge is -2.23. The molecule has 27 heavy (non-hydrogen) atoms. The zero-order valence-corrected chi connectivity index (χ0v) is 15.7. The first-order valence-corrected chi connectivity index (χ1v) is 9.62. The Kier molecular flexibility index (Phi) is 5.94. The fourth-order valence-corrected chi connectivity index (χ4v) is 3.94. The highest BCUT2D eigenvalue weighted by molar-refractivity contribution is 6.07. The van der Waals surface area contributed by atoms with Gasteiger partial charge in [-0.05, 0) is 24.8 Å². The molecule has 0 unspecified atom stereocenters. The second-order valence-electron chi connectivity index (χ2n) is 7.29. The molecule has 1 spiro atoms. The molecular weight excluding hydrogens is 342 g/mol. The molecular formula is C21H27N3O3. The van der Waals surface area contributed by atoms with Gasteiger partial charge in [0.1, 0.15) is 5.54 Å². The number of amides is 4. The fraction of sp³-hybridized carbons (Fsp3) is 0.476. The Morgan fingerprint density at radius 1 is 1.22 bits per heavy atom. The molecule has 2 fully saturated rings. The monoisotopic (exact) mass is 369 g/mol. The number of carbonyl (C=O) groups is 3. The first-order chi connectivity index (χ1) is 13.1. The minimum atomic E-state index is -0.714. The van der Waals surface area contributed by atoms with Gasteiger partial charge < -0.3 is 10.2 Å². The number of benzene rings is 1. The maximum absolute atomic E-state index is 12.7. The van der Waals surface area contributed by atoms with Crippen LogP contribution in [-0.2, 0) is 16.0 Å². The third kappa shape index (κ3) is 4.21. The molecule has 0 radical (unpaired) electrons. The summed E-state index contributed by atoms with van der Waals surface area (Å²) in [6.07, 6.45) is 5.88. The van der Waals surface area contributed by atoms with Gasteiger partial charge in [-0.2, -0.15) is 0 Å². The predicted molar refractivity (Wildman–Crippen MR) is 103 cm³/mol. The summed E-state index contributed by atoms with van der Waals surface area (Å²) in [5, 5.41) is 2.85. The number of urea groups is 1. The van der Waals surface area contributed by atoms with E-state index in [0.717, 1.165) is 24.8 Å². The van der Waals surface area contributed by atoms with Gasteiger partial charge in [-0.25, -0.2) is 4.79 Å². The van der Waals surface area contributed by atoms with Crippen LogP contribution in [0.3, 0.4) is 0 Å². The number of imide groups is 1. The average molecular weight is 369 g/mol. The van der Waals surface area contributed by atoms with Crippen molar-refractivity contribution in [2.24, 2.45) is 0 Å². The first-order valence-electron chi connectivity index (χ1n) is 9.62. The summed E-state index contributed by atoms with van der Waals surface area (Å²) in [6, 6.07) is 9.62. The number of nitrogens with zero attached hydrogens (tertiary/aromatic N) is 2. The third-order valence-corrected chi connectivity index (χ3v) is 5.47. The van der Waals surface area contributed by atoms with E-state index >= 15 is 0 Å². The summed E-state index contributed by atoms with van der Waals surface area (Å²) < 4.78 is 0. The van der Waals surface area contributed by atoms with Gasteiger partial charge in [0.25, 0.3) is 5.91 Å². The number of carbonyl (C=O) groups excluding carboxylic acids is 3. The molecule has 0 bridgehead atoms. The first kappa shape index (κ1) is 19.1. The van der Waals surface area contributed by atoms with Crippen LogP contribution in [0, 0.1) is 0 Å². The Balaban J connectivity index is 1.55. The molecule has 0 atom stereocenters. The molecule has 144 valence electrons. The molecule has 1 heterocycles. The van der Waals surface area contributed by atoms with Crippen molar-refractivity contribution in [3.8, 4) is 0 Å². The van der Waals surface area contributed by atoms with Gasteiger partial charge in [-0.3, -0.25) is 14.5 Å². The number of hydrogen-bond acceptors (Lipinski definition) is 3. The van der Waals surface area contributed by atoms with E-state index in [1.54, 1.807) is 11.0 Å². The highest BCUT2D eigenvalue weighted by Gasteiger charge is 2.52. The summed E-state index contributed by atoms with van der Waals surface area (Å²) in [4.78, 5) is 40.5. The van der Waals surface area contributed by atoms with Crippen LogP contribution in [0.15, 0.2) is 43.0 Å². The number of rotatable bonds is 8. The van der Waals surface area contributed by atoms with Crippen LogP contribution in [0.1, 0.15) is 37.7 Å². The van der Waals surface area contributed by atoms with Gasteiger partial charge in [-0.15, -0.1) is 6.58 Å². The third-order valence-electron chi connectivity index (χ3n) is 5.47. The fourth-order valence-electron chi connectivity index (χ4n) is 3.94. The van der Waals surface area contributed by atoms with Gasteiger partial charge in [0.15, 0.2) is 0 Å². The van der Waals surface area contributed by atoms with Crippen molar-refractivity contribution < 1.29 is 14.4 Å². The minimum absolute atomic E-state index is 0.0706. The van der Waals surface area contributed by atoms with Gasteiger partial charge in [0.05, 0.1) is 0 Å². The molecule has 3 rings (SSSR count). The van der Waals surface area contributed by atoms with Crippen molar-refractivity contribution in [2.75, 3.05) is 19.6 Å². The molecule has 0 aromatic heterocycles. The molecule has 6 heteroatoms. The lowest BCUT2D eigenvalue weighted by molar-refractivity contribution is -0.133. The van der Waals surface area contributed by atoms with Gasteiger partial charge in [0, 0.05) is 26.1 Å². The van der Waals surface area contributed by atoms with E-state index in [2.05, 4.69) is 11.9 Å². The van der Waals surface area contributed by atoms with Gasteiger partial charge in [0.2, 0.25) is 5.91 Å². The quantitative estimate of drug-likeness (QED) is 0.565. The standard InChI is InChI=1S/C21H27N3O3/c1-2-14-23(15-10-17-8-4-3-5-9-17)18(25)11-16-24-19(26)21(22-20(24)27)12-6-7-13-21/h2-5,8-9H,1,6-7,10-16H2,(H,22,27). The van der Waals surface area contributed by atoms with Crippen molar-refractivity contribution in [1.29, 1.82) is 0 Å². The van der Waals surface area contributed by atoms with Crippen molar-refractivity contribution in [2.45, 2.75) is 44.1 Å². The van der Waals surface area contributed by atoms with E-state index in [4.69, 9.17) is 0 Å². The van der Waals surface area contributed by atoms with E-state index < -0.39 is 5.54 Å². The summed E-state index contributed by atoms with van der Waals surface area (Å²) in [5.74, 6) is -0.240. The Morgan fingerprint density at radius 3 is 2.59 bits per heavy atom. The normalized spacial score (nSPS) is 18.0. The highest BCUT2D eigenvalue weighted by Crippen LogP contribution is 2.35. The number of hydrogen-bond donors (Lipinski definition) is 1. The predicted octanol–water partition coefficient (Wildman–Crippen LogP) is 2.50. The second kappa shape index (κ2) is 8.37. The van der Waals surface area contributed by atoms with E-state index in [-0.39, 0.29) is 30.8 Å². The maximum Gasteiger partial charge on any atom is 0.325 e. The van der Waals surface area contributed by atoms with E-state index in [1.807, 2.05) is 30.3 Å². The van der Waals surface area contributed by atoms with Crippen LogP contribution in [0.4, 0.5) is 4.79 Å². The average Bonchev–Trinajstić information content (AvgIpc) is 3.23. The minimum Gasteiger partial charge on any atom is -0.339 e. The van der Waals surface area contributed by atoms with Crippen molar-refractivity contribution in [1.82, 2.24) is 15.1 Å². The van der Waals surface area contributed by atoms with Crippen LogP contribution >= 0.6 is 0 Å². The molecule has 4 amide bonds. The maximum atomic E-state index is 12.7. The van der Waals surface area contributed by atoms with Crippen LogP contribution in [0.5, 0.6) is 0 Å². The molecule has 1 aliphatic carbocycles. The molecule has 1 N–H and O–H groups in total. The molecule has 1 aromatic rings. The molecule has 1 saturated carbocycles. The smallest absolute Gasteiger partial charge is 0.325 e. The van der Waals surface area contributed by atoms with Crippen molar-refractivity contribution in [3.05, 3.63) is 48.6 Å². The van der Waals surface area contributed by atoms with E-state index in [9.17, 15) is 14.4 Å². The Hall–Kier alpha value is -2.63. The van der Waals surface area contributed by atoms with E-state index in [1.165, 1.54) is 4.90 Å². The summed E-state index contributed by atoms with van der Waals surface area (Å²) >= 11 is 0. The summed E-state index contributed by atoms with van der Waals surface area (Å²) in [6.45, 7) is 4.89. The lowest BCUT2D eigenvalue weighted by Crippen LogP contribution is -2.44. The molecule has 1 aliphatic heterocycles. The Morgan fingerprint density at radius 2 is 1.93 bits per heavy atom. The van der Waals surface area contributed by atoms with Crippen LogP contribution in [-0.4, -0.2) is 52.8 Å². The highest BCUT2D eigenvalue weighted by atomic mass is 16.2. The number of nitrogens with one attached hydrogen (secondary N) is 1. The van der Waals surface area contributed by atoms with Crippen molar-refractivity contribution >= 4 is 17.8 Å². The zero-order valence-electron chi connectivity index (χ0n) is 15.7.